The standard InChI is InChI=1S/C64H104NO8P/c1-6-8-10-12-14-16-18-20-22-24-26-27-28-29-30-31-32-33-34-35-36-37-39-41-43-45-47-49-51-53-55-57-64(67)73-62(61-72-74(68,69)71-59-58-65(3,4)5)60-70-63(66)56-54-52-50-48-46-44-42-40-38-25-23-21-19-17-15-13-11-9-7-2/h8-11,14-17,20-23,26-27,29-30,32-33,35-36,38,40,44,46,62H,6-7,12-13,18-19,24-25,28,31,34,37,39,41-43,45,47-61H2,1-5H3/p+1/b10-8-,11-9-,16-14-,17-15-,22-20-,23-21-,27-26-,30-29-,33-32-,36-35-,40-38-,46-44-. The summed E-state index contributed by atoms with van der Waals surface area (Å²) in [6.07, 6.45) is 79.1. The average Bonchev–Trinajstić information content (AvgIpc) is 3.36. The van der Waals surface area contributed by atoms with E-state index in [1.807, 2.05) is 21.1 Å². The summed E-state index contributed by atoms with van der Waals surface area (Å²) in [4.78, 5) is 35.7. The molecule has 0 aliphatic rings. The van der Waals surface area contributed by atoms with Crippen molar-refractivity contribution < 1.29 is 42.1 Å². The molecule has 0 aromatic rings. The van der Waals surface area contributed by atoms with Crippen LogP contribution in [-0.2, 0) is 32.7 Å². The first-order valence-corrected chi connectivity index (χ1v) is 30.1. The van der Waals surface area contributed by atoms with Gasteiger partial charge in [0.15, 0.2) is 6.10 Å². The molecule has 0 aromatic carbocycles. The molecule has 9 nitrogen and oxygen atoms in total. The number of unbranched alkanes of at least 4 members (excludes halogenated alkanes) is 12. The lowest BCUT2D eigenvalue weighted by molar-refractivity contribution is -0.870. The van der Waals surface area contributed by atoms with Crippen molar-refractivity contribution in [2.24, 2.45) is 0 Å². The van der Waals surface area contributed by atoms with Gasteiger partial charge in [-0.15, -0.1) is 0 Å². The largest absolute Gasteiger partial charge is 0.472 e. The quantitative estimate of drug-likeness (QED) is 0.0211. The van der Waals surface area contributed by atoms with E-state index in [2.05, 4.69) is 160 Å². The second-order valence-electron chi connectivity index (χ2n) is 19.6. The van der Waals surface area contributed by atoms with Crippen LogP contribution in [0.5, 0.6) is 0 Å². The van der Waals surface area contributed by atoms with Gasteiger partial charge in [-0.05, 0) is 116 Å². The molecule has 418 valence electrons. The number of phosphoric acid groups is 1. The van der Waals surface area contributed by atoms with E-state index < -0.39 is 32.5 Å². The van der Waals surface area contributed by atoms with Gasteiger partial charge in [0.05, 0.1) is 27.7 Å². The first kappa shape index (κ1) is 69.9. The Kier molecular flexibility index (Phi) is 50.7. The van der Waals surface area contributed by atoms with Crippen LogP contribution in [-0.4, -0.2) is 74.9 Å². The van der Waals surface area contributed by atoms with E-state index in [0.29, 0.717) is 23.9 Å². The summed E-state index contributed by atoms with van der Waals surface area (Å²) in [5, 5.41) is 0. The highest BCUT2D eigenvalue weighted by Gasteiger charge is 2.27. The van der Waals surface area contributed by atoms with Crippen molar-refractivity contribution in [3.05, 3.63) is 146 Å². The molecule has 0 amide bonds. The van der Waals surface area contributed by atoms with Crippen LogP contribution >= 0.6 is 7.82 Å². The molecular weight excluding hydrogens is 942 g/mol. The van der Waals surface area contributed by atoms with Gasteiger partial charge in [0.1, 0.15) is 19.8 Å². The minimum Gasteiger partial charge on any atom is -0.462 e. The fourth-order valence-electron chi connectivity index (χ4n) is 7.02. The molecule has 2 unspecified atom stereocenters. The predicted octanol–water partition coefficient (Wildman–Crippen LogP) is 17.9. The molecule has 10 heteroatoms. The number of carbonyl (C=O) groups is 2. The Bertz CT molecular complexity index is 1760. The maximum atomic E-state index is 12.8. The lowest BCUT2D eigenvalue weighted by Crippen LogP contribution is -2.37. The molecule has 0 spiro atoms. The summed E-state index contributed by atoms with van der Waals surface area (Å²) in [6.45, 7) is 4.13. The van der Waals surface area contributed by atoms with Crippen LogP contribution in [0, 0.1) is 0 Å². The monoisotopic (exact) mass is 1050 g/mol. The minimum atomic E-state index is -4.41. The molecule has 0 aliphatic heterocycles. The zero-order valence-electron chi connectivity index (χ0n) is 47.3. The number of likely N-dealkylation sites (N-methyl/N-ethyl adjacent to an activating group) is 1. The van der Waals surface area contributed by atoms with Crippen molar-refractivity contribution in [2.75, 3.05) is 47.5 Å². The van der Waals surface area contributed by atoms with E-state index in [0.717, 1.165) is 122 Å². The Balaban J connectivity index is 4.26. The van der Waals surface area contributed by atoms with E-state index in [1.54, 1.807) is 0 Å². The second kappa shape index (κ2) is 53.7. The average molecular weight is 1050 g/mol. The van der Waals surface area contributed by atoms with Crippen molar-refractivity contribution in [1.29, 1.82) is 0 Å². The number of esters is 2. The van der Waals surface area contributed by atoms with Crippen LogP contribution in [0.1, 0.15) is 194 Å². The van der Waals surface area contributed by atoms with Gasteiger partial charge in [0.2, 0.25) is 0 Å². The van der Waals surface area contributed by atoms with Gasteiger partial charge in [0.25, 0.3) is 0 Å². The van der Waals surface area contributed by atoms with Crippen molar-refractivity contribution in [3.8, 4) is 0 Å². The van der Waals surface area contributed by atoms with Crippen LogP contribution in [0.15, 0.2) is 146 Å². The normalized spacial score (nSPS) is 14.4. The van der Waals surface area contributed by atoms with Crippen LogP contribution in [0.4, 0.5) is 0 Å². The summed E-state index contributed by atoms with van der Waals surface area (Å²) >= 11 is 0. The van der Waals surface area contributed by atoms with Gasteiger partial charge in [-0.1, -0.05) is 211 Å². The molecule has 0 bridgehead atoms. The van der Waals surface area contributed by atoms with E-state index in [9.17, 15) is 19.0 Å². The highest BCUT2D eigenvalue weighted by atomic mass is 31.2. The van der Waals surface area contributed by atoms with Gasteiger partial charge >= 0.3 is 19.8 Å². The second-order valence-corrected chi connectivity index (χ2v) is 21.0. The molecule has 0 radical (unpaired) electrons. The number of carbonyl (C=O) groups excluding carboxylic acids is 2. The van der Waals surface area contributed by atoms with Crippen molar-refractivity contribution in [2.45, 2.75) is 200 Å². The zero-order valence-corrected chi connectivity index (χ0v) is 48.2. The number of hydrogen-bond acceptors (Lipinski definition) is 7. The molecule has 1 N–H and O–H groups in total. The molecule has 2 atom stereocenters. The SMILES string of the molecule is CC/C=C\C/C=C\C/C=C\C/C=C\C/C=C\C/C=C\C/C=C\CCCCCCCCCCCC(=O)OC(COC(=O)CCCCC/C=C\C/C=C\C/C=C\C/C=C\C/C=C\CC)COP(=O)(O)OCC[N+](C)(C)C. The summed E-state index contributed by atoms with van der Waals surface area (Å²) in [5.41, 5.74) is 0. The third-order valence-electron chi connectivity index (χ3n) is 11.4. The molecular formula is C64H105NO8P+. The molecule has 0 rings (SSSR count). The lowest BCUT2D eigenvalue weighted by atomic mass is 10.1. The van der Waals surface area contributed by atoms with E-state index in [-0.39, 0.29) is 26.1 Å². The number of rotatable bonds is 50. The van der Waals surface area contributed by atoms with Crippen LogP contribution < -0.4 is 0 Å². The van der Waals surface area contributed by atoms with Gasteiger partial charge in [-0.2, -0.15) is 0 Å². The maximum Gasteiger partial charge on any atom is 0.472 e. The summed E-state index contributed by atoms with van der Waals surface area (Å²) in [6, 6.07) is 0. The molecule has 0 saturated carbocycles. The molecule has 74 heavy (non-hydrogen) atoms. The van der Waals surface area contributed by atoms with Crippen molar-refractivity contribution in [1.82, 2.24) is 0 Å². The number of quaternary nitrogens is 1. The number of hydrogen-bond donors (Lipinski definition) is 1. The highest BCUT2D eigenvalue weighted by molar-refractivity contribution is 7.47. The van der Waals surface area contributed by atoms with E-state index in [4.69, 9.17) is 18.5 Å². The topological polar surface area (TPSA) is 108 Å². The molecule has 0 saturated heterocycles. The molecule has 0 aromatic heterocycles. The lowest BCUT2D eigenvalue weighted by Gasteiger charge is -2.24. The maximum absolute atomic E-state index is 12.8. The third-order valence-corrected chi connectivity index (χ3v) is 12.3. The number of phosphoric ester groups is 1. The first-order valence-electron chi connectivity index (χ1n) is 28.6. The molecule has 0 heterocycles. The Morgan fingerprint density at radius 3 is 1.09 bits per heavy atom. The van der Waals surface area contributed by atoms with Gasteiger partial charge in [0, 0.05) is 12.8 Å². The fraction of sp³-hybridized carbons (Fsp3) is 0.594. The summed E-state index contributed by atoms with van der Waals surface area (Å²) in [7, 11) is 1.43. The zero-order chi connectivity index (χ0) is 54.2. The fourth-order valence-corrected chi connectivity index (χ4v) is 7.76. The molecule has 0 aliphatic carbocycles. The third kappa shape index (κ3) is 57.2. The van der Waals surface area contributed by atoms with E-state index >= 15 is 0 Å². The predicted molar refractivity (Wildman–Crippen MR) is 316 cm³/mol. The van der Waals surface area contributed by atoms with E-state index in [1.165, 1.54) is 32.1 Å². The highest BCUT2D eigenvalue weighted by Crippen LogP contribution is 2.43. The first-order chi connectivity index (χ1) is 36.0. The van der Waals surface area contributed by atoms with Crippen LogP contribution in [0.3, 0.4) is 0 Å². The van der Waals surface area contributed by atoms with Gasteiger partial charge < -0.3 is 18.9 Å². The Labute approximate surface area is 453 Å². The molecule has 0 fully saturated rings. The van der Waals surface area contributed by atoms with Crippen molar-refractivity contribution in [3.63, 3.8) is 0 Å². The Morgan fingerprint density at radius 1 is 0.419 bits per heavy atom. The van der Waals surface area contributed by atoms with Crippen molar-refractivity contribution >= 4 is 19.8 Å². The minimum absolute atomic E-state index is 0.0161. The summed E-state index contributed by atoms with van der Waals surface area (Å²) in [5.74, 6) is -0.855. The Hall–Kier alpha value is -4.11. The number of nitrogens with zero attached hydrogens (tertiary/aromatic N) is 1. The van der Waals surface area contributed by atoms with Gasteiger partial charge in [-0.3, -0.25) is 18.6 Å². The van der Waals surface area contributed by atoms with Gasteiger partial charge in [-0.25, -0.2) is 4.57 Å². The number of allylic oxidation sites excluding steroid dienone is 24. The number of ether oxygens (including phenoxy) is 2. The summed E-state index contributed by atoms with van der Waals surface area (Å²) < 4.78 is 34.5. The van der Waals surface area contributed by atoms with Crippen LogP contribution in [0.25, 0.3) is 0 Å². The Morgan fingerprint density at radius 2 is 0.730 bits per heavy atom. The smallest absolute Gasteiger partial charge is 0.462 e. The van der Waals surface area contributed by atoms with Crippen LogP contribution in [0.2, 0.25) is 0 Å².